The summed E-state index contributed by atoms with van der Waals surface area (Å²) < 4.78 is 7.40. The van der Waals surface area contributed by atoms with Crippen LogP contribution in [0.4, 0.5) is 22.1 Å². The monoisotopic (exact) mass is 573 g/mol. The molecular formula is C30H32ClN7O3. The van der Waals surface area contributed by atoms with Crippen LogP contribution in [0.25, 0.3) is 5.65 Å². The predicted molar refractivity (Wildman–Crippen MR) is 157 cm³/mol. The van der Waals surface area contributed by atoms with E-state index in [1.54, 1.807) is 6.07 Å². The molecule has 2 aliphatic carbocycles. The predicted octanol–water partition coefficient (Wildman–Crippen LogP) is 6.36. The highest BCUT2D eigenvalue weighted by Crippen LogP contribution is 2.48. The molecule has 3 aromatic heterocycles. The molecule has 2 aliphatic rings. The third-order valence-corrected chi connectivity index (χ3v) is 7.31. The molecule has 0 radical (unpaired) electrons. The number of rotatable bonds is 8. The number of ether oxygens (including phenoxy) is 1. The molecule has 1 aromatic carbocycles. The largest absolute Gasteiger partial charge is 0.444 e. The van der Waals surface area contributed by atoms with Crippen molar-refractivity contribution in [3.8, 4) is 0 Å². The Morgan fingerprint density at radius 3 is 2.61 bits per heavy atom. The van der Waals surface area contributed by atoms with Gasteiger partial charge < -0.3 is 19.8 Å². The van der Waals surface area contributed by atoms with Gasteiger partial charge in [-0.15, -0.1) is 0 Å². The van der Waals surface area contributed by atoms with Gasteiger partial charge in [-0.3, -0.25) is 10.1 Å². The van der Waals surface area contributed by atoms with Crippen LogP contribution >= 0.6 is 11.6 Å². The summed E-state index contributed by atoms with van der Waals surface area (Å²) in [5, 5.41) is 9.71. The third-order valence-electron chi connectivity index (χ3n) is 7.08. The van der Waals surface area contributed by atoms with Crippen LogP contribution in [-0.4, -0.2) is 37.0 Å². The fourth-order valence-electron chi connectivity index (χ4n) is 4.91. The van der Waals surface area contributed by atoms with Gasteiger partial charge in [0.15, 0.2) is 5.65 Å². The number of benzene rings is 1. The number of nitrogens with one attached hydrogen (secondary N) is 3. The quantitative estimate of drug-likeness (QED) is 0.224. The molecule has 2 atom stereocenters. The molecule has 2 fully saturated rings. The summed E-state index contributed by atoms with van der Waals surface area (Å²) in [5.41, 5.74) is 3.63. The highest BCUT2D eigenvalue weighted by atomic mass is 35.5. The summed E-state index contributed by atoms with van der Waals surface area (Å²) in [7, 11) is 0. The number of pyridine rings is 1. The van der Waals surface area contributed by atoms with Crippen molar-refractivity contribution < 1.29 is 14.3 Å². The van der Waals surface area contributed by atoms with E-state index < -0.39 is 11.7 Å². The molecule has 212 valence electrons. The van der Waals surface area contributed by atoms with E-state index in [1.807, 2.05) is 61.7 Å². The van der Waals surface area contributed by atoms with Crippen LogP contribution in [0.15, 0.2) is 55.1 Å². The SMILES string of the molecule is CC(C)(C)OC(=O)Nc1cc(C2CC2)cn2cc(CNc3cc(NC(=O)[C@H]4C[C@@H]4c4cccc(Cl)c4)ncn3)nc12. The zero-order chi connectivity index (χ0) is 28.7. The summed E-state index contributed by atoms with van der Waals surface area (Å²) in [6.07, 6.45) is 7.94. The number of carbonyl (C=O) groups excluding carboxylic acids is 2. The first kappa shape index (κ1) is 27.0. The first-order chi connectivity index (χ1) is 19.6. The Hall–Kier alpha value is -4.18. The van der Waals surface area contributed by atoms with E-state index in [2.05, 4.69) is 32.1 Å². The number of nitrogens with zero attached hydrogens (tertiary/aromatic N) is 4. The summed E-state index contributed by atoms with van der Waals surface area (Å²) in [4.78, 5) is 38.6. The third kappa shape index (κ3) is 6.59. The highest BCUT2D eigenvalue weighted by molar-refractivity contribution is 6.30. The van der Waals surface area contributed by atoms with Crippen LogP contribution in [0.1, 0.15) is 68.7 Å². The number of aromatic nitrogens is 4. The summed E-state index contributed by atoms with van der Waals surface area (Å²) in [5.74, 6) is 1.46. The number of anilines is 3. The van der Waals surface area contributed by atoms with Crippen LogP contribution in [-0.2, 0) is 16.1 Å². The molecule has 2 amide bonds. The summed E-state index contributed by atoms with van der Waals surface area (Å²) in [6.45, 7) is 5.87. The van der Waals surface area contributed by atoms with Gasteiger partial charge in [0, 0.05) is 29.4 Å². The molecule has 6 rings (SSSR count). The lowest BCUT2D eigenvalue weighted by atomic mass is 10.1. The molecule has 0 saturated heterocycles. The number of imidazole rings is 1. The van der Waals surface area contributed by atoms with Crippen LogP contribution in [0, 0.1) is 5.92 Å². The van der Waals surface area contributed by atoms with Crippen LogP contribution in [0.5, 0.6) is 0 Å². The Bertz CT molecular complexity index is 1630. The van der Waals surface area contributed by atoms with Gasteiger partial charge in [-0.05, 0) is 81.2 Å². The Labute approximate surface area is 242 Å². The van der Waals surface area contributed by atoms with Gasteiger partial charge in [0.25, 0.3) is 0 Å². The molecule has 3 N–H and O–H groups in total. The zero-order valence-corrected chi connectivity index (χ0v) is 23.9. The maximum atomic E-state index is 12.8. The minimum Gasteiger partial charge on any atom is -0.444 e. The van der Waals surface area contributed by atoms with Gasteiger partial charge in [-0.2, -0.15) is 0 Å². The maximum absolute atomic E-state index is 12.8. The Morgan fingerprint density at radius 1 is 1.05 bits per heavy atom. The molecule has 4 aromatic rings. The van der Waals surface area contributed by atoms with Crippen molar-refractivity contribution in [2.45, 2.75) is 64.0 Å². The van der Waals surface area contributed by atoms with Crippen LogP contribution < -0.4 is 16.0 Å². The molecule has 41 heavy (non-hydrogen) atoms. The van der Waals surface area contributed by atoms with Gasteiger partial charge in [0.2, 0.25) is 5.91 Å². The lowest BCUT2D eigenvalue weighted by molar-refractivity contribution is -0.117. The van der Waals surface area contributed by atoms with E-state index in [-0.39, 0.29) is 17.7 Å². The van der Waals surface area contributed by atoms with Crippen molar-refractivity contribution in [3.63, 3.8) is 0 Å². The second kappa shape index (κ2) is 10.7. The number of amides is 2. The number of carbonyl (C=O) groups is 2. The molecule has 10 nitrogen and oxygen atoms in total. The molecule has 2 saturated carbocycles. The van der Waals surface area contributed by atoms with E-state index in [0.29, 0.717) is 40.5 Å². The van der Waals surface area contributed by atoms with Crippen LogP contribution in [0.3, 0.4) is 0 Å². The molecule has 0 spiro atoms. The van der Waals surface area contributed by atoms with E-state index in [4.69, 9.17) is 21.3 Å². The topological polar surface area (TPSA) is 123 Å². The fourth-order valence-corrected chi connectivity index (χ4v) is 5.11. The van der Waals surface area contributed by atoms with E-state index in [1.165, 1.54) is 6.33 Å². The standard InChI is InChI=1S/C30H32ClN7O3/c1-30(2,3)41-29(40)36-24-10-19(17-7-8-17)14-38-15-21(35-27(24)38)13-32-25-12-26(34-16-33-25)37-28(39)23-11-22(23)18-5-4-6-20(31)9-18/h4-6,9-10,12,14-17,22-23H,7-8,11,13H2,1-3H3,(H,36,40)(H2,32,33,34,37,39)/t22-,23+/m1/s1. The summed E-state index contributed by atoms with van der Waals surface area (Å²) in [6, 6.07) is 11.3. The minimum absolute atomic E-state index is 0.0727. The fraction of sp³-hybridized carbons (Fsp3) is 0.367. The second-order valence-electron chi connectivity index (χ2n) is 11.7. The first-order valence-electron chi connectivity index (χ1n) is 13.7. The first-order valence-corrected chi connectivity index (χ1v) is 14.1. The molecular weight excluding hydrogens is 542 g/mol. The van der Waals surface area contributed by atoms with Crippen LogP contribution in [0.2, 0.25) is 5.02 Å². The number of hydrogen-bond acceptors (Lipinski definition) is 7. The van der Waals surface area contributed by atoms with Crippen molar-refractivity contribution in [1.29, 1.82) is 0 Å². The van der Waals surface area contributed by atoms with Crippen molar-refractivity contribution in [1.82, 2.24) is 19.4 Å². The number of hydrogen-bond donors (Lipinski definition) is 3. The van der Waals surface area contributed by atoms with Crippen molar-refractivity contribution >= 4 is 46.6 Å². The normalized spacial score (nSPS) is 18.1. The average molecular weight is 574 g/mol. The number of fused-ring (bicyclic) bond motifs is 1. The minimum atomic E-state index is -0.606. The Morgan fingerprint density at radius 2 is 1.85 bits per heavy atom. The van der Waals surface area contributed by atoms with E-state index >= 15 is 0 Å². The molecule has 3 heterocycles. The number of halogens is 1. The van der Waals surface area contributed by atoms with Gasteiger partial charge in [0.1, 0.15) is 23.6 Å². The van der Waals surface area contributed by atoms with E-state index in [9.17, 15) is 9.59 Å². The molecule has 0 unspecified atom stereocenters. The molecule has 11 heteroatoms. The lowest BCUT2D eigenvalue weighted by Gasteiger charge is -2.20. The molecule has 0 bridgehead atoms. The maximum Gasteiger partial charge on any atom is 0.412 e. The summed E-state index contributed by atoms with van der Waals surface area (Å²) >= 11 is 6.11. The lowest BCUT2D eigenvalue weighted by Crippen LogP contribution is -2.27. The van der Waals surface area contributed by atoms with Crippen molar-refractivity contribution in [2.75, 3.05) is 16.0 Å². The van der Waals surface area contributed by atoms with Gasteiger partial charge in [0.05, 0.1) is 17.9 Å². The van der Waals surface area contributed by atoms with Crippen molar-refractivity contribution in [2.24, 2.45) is 5.92 Å². The Kier molecular flexibility index (Phi) is 7.03. The molecule has 0 aliphatic heterocycles. The highest BCUT2D eigenvalue weighted by Gasteiger charge is 2.44. The van der Waals surface area contributed by atoms with Gasteiger partial charge in [-0.1, -0.05) is 23.7 Å². The Balaban J connectivity index is 1.11. The van der Waals surface area contributed by atoms with Gasteiger partial charge >= 0.3 is 6.09 Å². The second-order valence-corrected chi connectivity index (χ2v) is 12.1. The van der Waals surface area contributed by atoms with Crippen molar-refractivity contribution in [3.05, 3.63) is 77.0 Å². The average Bonchev–Trinajstić information content (AvgIpc) is 3.83. The van der Waals surface area contributed by atoms with Gasteiger partial charge in [-0.25, -0.2) is 19.7 Å². The smallest absolute Gasteiger partial charge is 0.412 e. The van der Waals surface area contributed by atoms with E-state index in [0.717, 1.165) is 36.1 Å². The zero-order valence-electron chi connectivity index (χ0n) is 23.1.